The number of amides is 2. The molecular formula is C14H22N2O4. The zero-order chi connectivity index (χ0) is 15.5. The van der Waals surface area contributed by atoms with E-state index in [1.165, 1.54) is 9.80 Å². The Labute approximate surface area is 120 Å². The lowest BCUT2D eigenvalue weighted by atomic mass is 10.2. The summed E-state index contributed by atoms with van der Waals surface area (Å²) in [4.78, 5) is 26.3. The third-order valence-electron chi connectivity index (χ3n) is 2.72. The topological polar surface area (TPSA) is 59.1 Å². The normalized spacial score (nSPS) is 22.1. The lowest BCUT2D eigenvalue weighted by Crippen LogP contribution is -2.40. The van der Waals surface area contributed by atoms with Crippen molar-refractivity contribution in [3.8, 4) is 12.3 Å². The van der Waals surface area contributed by atoms with E-state index in [2.05, 4.69) is 5.92 Å². The van der Waals surface area contributed by atoms with E-state index in [9.17, 15) is 9.59 Å². The summed E-state index contributed by atoms with van der Waals surface area (Å²) in [7, 11) is 3.20. The Hall–Kier alpha value is -1.90. The molecule has 6 heteroatoms. The Morgan fingerprint density at radius 2 is 1.95 bits per heavy atom. The Kier molecular flexibility index (Phi) is 4.88. The van der Waals surface area contributed by atoms with E-state index in [0.29, 0.717) is 6.42 Å². The second-order valence-electron chi connectivity index (χ2n) is 5.95. The van der Waals surface area contributed by atoms with E-state index in [1.54, 1.807) is 34.9 Å². The van der Waals surface area contributed by atoms with E-state index in [4.69, 9.17) is 15.9 Å². The van der Waals surface area contributed by atoms with Gasteiger partial charge in [-0.15, -0.1) is 6.42 Å². The summed E-state index contributed by atoms with van der Waals surface area (Å²) in [6.07, 6.45) is 4.52. The first-order chi connectivity index (χ1) is 9.14. The molecule has 2 amide bonds. The summed E-state index contributed by atoms with van der Waals surface area (Å²) < 4.78 is 10.6. The minimum absolute atomic E-state index is 0.253. The fourth-order valence-corrected chi connectivity index (χ4v) is 1.81. The highest BCUT2D eigenvalue weighted by molar-refractivity contribution is 5.70. The molecule has 20 heavy (non-hydrogen) atoms. The number of rotatable bonds is 1. The van der Waals surface area contributed by atoms with Gasteiger partial charge < -0.3 is 14.4 Å². The SMILES string of the molecule is C#C[C@H]1C[C@H](OC(=O)N(C)C)CN1C(=O)OC(C)(C)C. The van der Waals surface area contributed by atoms with Crippen molar-refractivity contribution in [1.29, 1.82) is 0 Å². The summed E-state index contributed by atoms with van der Waals surface area (Å²) in [6.45, 7) is 5.61. The molecule has 0 aliphatic carbocycles. The van der Waals surface area contributed by atoms with Gasteiger partial charge in [-0.3, -0.25) is 4.90 Å². The van der Waals surface area contributed by atoms with Gasteiger partial charge in [-0.25, -0.2) is 9.59 Å². The molecule has 1 aliphatic rings. The van der Waals surface area contributed by atoms with Gasteiger partial charge >= 0.3 is 12.2 Å². The Bertz CT molecular complexity index is 420. The van der Waals surface area contributed by atoms with Crippen molar-refractivity contribution in [1.82, 2.24) is 9.80 Å². The molecule has 1 heterocycles. The maximum Gasteiger partial charge on any atom is 0.411 e. The number of carbonyl (C=O) groups is 2. The molecule has 1 saturated heterocycles. The molecule has 0 bridgehead atoms. The van der Waals surface area contributed by atoms with Crippen molar-refractivity contribution in [2.45, 2.75) is 44.9 Å². The average Bonchev–Trinajstić information content (AvgIpc) is 2.69. The first-order valence-electron chi connectivity index (χ1n) is 6.47. The number of carbonyl (C=O) groups excluding carboxylic acids is 2. The number of likely N-dealkylation sites (tertiary alicyclic amines) is 1. The fourth-order valence-electron chi connectivity index (χ4n) is 1.81. The van der Waals surface area contributed by atoms with Gasteiger partial charge in [0.1, 0.15) is 11.7 Å². The number of ether oxygens (including phenoxy) is 2. The molecule has 0 aromatic carbocycles. The molecule has 0 spiro atoms. The van der Waals surface area contributed by atoms with Crippen LogP contribution >= 0.6 is 0 Å². The monoisotopic (exact) mass is 282 g/mol. The first kappa shape index (κ1) is 16.2. The standard InChI is InChI=1S/C14H22N2O4/c1-7-10-8-11(19-12(17)15(5)6)9-16(10)13(18)20-14(2,3)4/h1,10-11H,8-9H2,2-6H3/t10-,11-/m0/s1. The van der Waals surface area contributed by atoms with Gasteiger partial charge in [-0.05, 0) is 20.8 Å². The molecule has 0 aromatic heterocycles. The highest BCUT2D eigenvalue weighted by Gasteiger charge is 2.38. The maximum absolute atomic E-state index is 12.1. The van der Waals surface area contributed by atoms with Gasteiger partial charge in [-0.1, -0.05) is 5.92 Å². The van der Waals surface area contributed by atoms with Crippen molar-refractivity contribution < 1.29 is 19.1 Å². The van der Waals surface area contributed by atoms with Gasteiger partial charge in [0.2, 0.25) is 0 Å². The van der Waals surface area contributed by atoms with Crippen molar-refractivity contribution in [3.05, 3.63) is 0 Å². The van der Waals surface area contributed by atoms with Crippen LogP contribution in [0, 0.1) is 12.3 Å². The number of hydrogen-bond acceptors (Lipinski definition) is 4. The van der Waals surface area contributed by atoms with Crippen LogP contribution in [0.3, 0.4) is 0 Å². The van der Waals surface area contributed by atoms with Crippen molar-refractivity contribution >= 4 is 12.2 Å². The van der Waals surface area contributed by atoms with E-state index in [1.807, 2.05) is 0 Å². The smallest absolute Gasteiger partial charge is 0.411 e. The zero-order valence-corrected chi connectivity index (χ0v) is 12.7. The summed E-state index contributed by atoms with van der Waals surface area (Å²) in [5, 5.41) is 0. The first-order valence-corrected chi connectivity index (χ1v) is 6.47. The average molecular weight is 282 g/mol. The Balaban J connectivity index is 2.67. The largest absolute Gasteiger partial charge is 0.444 e. The molecule has 1 aliphatic heterocycles. The lowest BCUT2D eigenvalue weighted by molar-refractivity contribution is 0.0222. The van der Waals surface area contributed by atoms with Gasteiger partial charge in [0, 0.05) is 20.5 Å². The molecule has 1 fully saturated rings. The number of hydrogen-bond donors (Lipinski definition) is 0. The van der Waals surface area contributed by atoms with Gasteiger partial charge in [0.25, 0.3) is 0 Å². The third-order valence-corrected chi connectivity index (χ3v) is 2.72. The van der Waals surface area contributed by atoms with Crippen LogP contribution in [0.5, 0.6) is 0 Å². The molecule has 0 unspecified atom stereocenters. The highest BCUT2D eigenvalue weighted by Crippen LogP contribution is 2.23. The van der Waals surface area contributed by atoms with E-state index < -0.39 is 29.9 Å². The Morgan fingerprint density at radius 3 is 2.40 bits per heavy atom. The molecule has 0 N–H and O–H groups in total. The summed E-state index contributed by atoms with van der Waals surface area (Å²) >= 11 is 0. The second kappa shape index (κ2) is 6.04. The predicted octanol–water partition coefficient (Wildman–Crippen LogP) is 1.70. The molecule has 6 nitrogen and oxygen atoms in total. The summed E-state index contributed by atoms with van der Waals surface area (Å²) in [5.74, 6) is 2.53. The van der Waals surface area contributed by atoms with Crippen LogP contribution in [0.25, 0.3) is 0 Å². The molecule has 1 rings (SSSR count). The molecule has 0 saturated carbocycles. The summed E-state index contributed by atoms with van der Waals surface area (Å²) in [5.41, 5.74) is -0.589. The van der Waals surface area contributed by atoms with E-state index >= 15 is 0 Å². The Morgan fingerprint density at radius 1 is 1.35 bits per heavy atom. The maximum atomic E-state index is 12.1. The second-order valence-corrected chi connectivity index (χ2v) is 5.95. The van der Waals surface area contributed by atoms with Crippen molar-refractivity contribution in [3.63, 3.8) is 0 Å². The molecule has 112 valence electrons. The zero-order valence-electron chi connectivity index (χ0n) is 12.7. The van der Waals surface area contributed by atoms with Crippen LogP contribution in [-0.2, 0) is 9.47 Å². The van der Waals surface area contributed by atoms with Crippen molar-refractivity contribution in [2.75, 3.05) is 20.6 Å². The van der Waals surface area contributed by atoms with Crippen LogP contribution in [0.4, 0.5) is 9.59 Å². The summed E-state index contributed by atoms with van der Waals surface area (Å²) in [6, 6.07) is -0.412. The van der Waals surface area contributed by atoms with Crippen LogP contribution < -0.4 is 0 Å². The van der Waals surface area contributed by atoms with Crippen LogP contribution in [0.2, 0.25) is 0 Å². The number of nitrogens with zero attached hydrogens (tertiary/aromatic N) is 2. The van der Waals surface area contributed by atoms with Crippen molar-refractivity contribution in [2.24, 2.45) is 0 Å². The third kappa shape index (κ3) is 4.34. The lowest BCUT2D eigenvalue weighted by Gasteiger charge is -2.26. The quantitative estimate of drug-likeness (QED) is 0.687. The highest BCUT2D eigenvalue weighted by atomic mass is 16.6. The molecule has 2 atom stereocenters. The predicted molar refractivity (Wildman–Crippen MR) is 74.1 cm³/mol. The fraction of sp³-hybridized carbons (Fsp3) is 0.714. The number of terminal acetylenes is 1. The molecule has 0 aromatic rings. The van der Waals surface area contributed by atoms with Gasteiger partial charge in [0.15, 0.2) is 0 Å². The minimum Gasteiger partial charge on any atom is -0.444 e. The van der Waals surface area contributed by atoms with Crippen LogP contribution in [-0.4, -0.2) is 60.4 Å². The van der Waals surface area contributed by atoms with Gasteiger partial charge in [-0.2, -0.15) is 0 Å². The minimum atomic E-state index is -0.589. The molecule has 0 radical (unpaired) electrons. The van der Waals surface area contributed by atoms with E-state index in [-0.39, 0.29) is 6.54 Å². The van der Waals surface area contributed by atoms with Crippen LogP contribution in [0.1, 0.15) is 27.2 Å². The van der Waals surface area contributed by atoms with Crippen LogP contribution in [0.15, 0.2) is 0 Å². The molecular weight excluding hydrogens is 260 g/mol. The van der Waals surface area contributed by atoms with Gasteiger partial charge in [0.05, 0.1) is 12.6 Å². The van der Waals surface area contributed by atoms with E-state index in [0.717, 1.165) is 0 Å².